The zero-order valence-electron chi connectivity index (χ0n) is 11.6. The van der Waals surface area contributed by atoms with E-state index in [0.29, 0.717) is 17.3 Å². The Kier molecular flexibility index (Phi) is 4.88. The summed E-state index contributed by atoms with van der Waals surface area (Å²) >= 11 is 6.09. The van der Waals surface area contributed by atoms with Gasteiger partial charge in [0, 0.05) is 6.54 Å². The van der Waals surface area contributed by atoms with Gasteiger partial charge in [-0.05, 0) is 35.7 Å². The molecular formula is C15H17ClN2O2S. The molecule has 0 radical (unpaired) electrons. The van der Waals surface area contributed by atoms with Crippen molar-refractivity contribution in [1.29, 1.82) is 0 Å². The molecule has 0 saturated heterocycles. The maximum absolute atomic E-state index is 11.4. The molecule has 0 amide bonds. The number of nitrogens with two attached hydrogens (primary N) is 1. The van der Waals surface area contributed by atoms with Crippen molar-refractivity contribution in [3.05, 3.63) is 58.6 Å². The zero-order chi connectivity index (χ0) is 15.5. The molecule has 21 heavy (non-hydrogen) atoms. The zero-order valence-corrected chi connectivity index (χ0v) is 13.2. The minimum Gasteiger partial charge on any atom is -0.380 e. The Balaban J connectivity index is 2.24. The van der Waals surface area contributed by atoms with E-state index < -0.39 is 10.0 Å². The Hall–Kier alpha value is -1.56. The molecule has 112 valence electrons. The molecule has 0 aliphatic rings. The van der Waals surface area contributed by atoms with E-state index in [1.807, 2.05) is 18.2 Å². The van der Waals surface area contributed by atoms with Crippen molar-refractivity contribution in [1.82, 2.24) is 0 Å². The number of aryl methyl sites for hydroxylation is 1. The van der Waals surface area contributed by atoms with Gasteiger partial charge in [-0.1, -0.05) is 42.8 Å². The van der Waals surface area contributed by atoms with Crippen LogP contribution in [0, 0.1) is 0 Å². The average Bonchev–Trinajstić information content (AvgIpc) is 2.45. The fraction of sp³-hybridized carbons (Fsp3) is 0.200. The van der Waals surface area contributed by atoms with E-state index in [1.165, 1.54) is 23.8 Å². The van der Waals surface area contributed by atoms with Crippen LogP contribution in [-0.4, -0.2) is 8.42 Å². The van der Waals surface area contributed by atoms with Crippen molar-refractivity contribution in [2.45, 2.75) is 24.8 Å². The standard InChI is InChI=1S/C15H17ClN2O2S/c1-2-11-5-3-4-6-12(11)10-18-15-9-13(21(17,19)20)7-8-14(15)16/h3-9,18H,2,10H2,1H3,(H2,17,19,20). The second-order valence-corrected chi connectivity index (χ2v) is 6.63. The number of nitrogens with one attached hydrogen (secondary N) is 1. The van der Waals surface area contributed by atoms with Gasteiger partial charge >= 0.3 is 0 Å². The van der Waals surface area contributed by atoms with Gasteiger partial charge in [0.15, 0.2) is 0 Å². The molecule has 2 aromatic carbocycles. The predicted molar refractivity (Wildman–Crippen MR) is 86.0 cm³/mol. The molecule has 2 rings (SSSR count). The van der Waals surface area contributed by atoms with E-state index in [0.717, 1.165) is 12.0 Å². The molecule has 2 aromatic rings. The maximum Gasteiger partial charge on any atom is 0.238 e. The summed E-state index contributed by atoms with van der Waals surface area (Å²) in [6, 6.07) is 12.4. The first-order chi connectivity index (χ1) is 9.91. The smallest absolute Gasteiger partial charge is 0.238 e. The fourth-order valence-corrected chi connectivity index (χ4v) is 2.81. The summed E-state index contributed by atoms with van der Waals surface area (Å²) in [6.45, 7) is 2.66. The van der Waals surface area contributed by atoms with Gasteiger partial charge in [-0.2, -0.15) is 0 Å². The molecule has 0 unspecified atom stereocenters. The second kappa shape index (κ2) is 6.47. The molecule has 0 spiro atoms. The molecular weight excluding hydrogens is 308 g/mol. The maximum atomic E-state index is 11.4. The summed E-state index contributed by atoms with van der Waals surface area (Å²) in [7, 11) is -3.74. The van der Waals surface area contributed by atoms with Crippen molar-refractivity contribution in [2.75, 3.05) is 5.32 Å². The molecule has 0 fully saturated rings. The summed E-state index contributed by atoms with van der Waals surface area (Å²) in [6.07, 6.45) is 0.933. The van der Waals surface area contributed by atoms with E-state index in [9.17, 15) is 8.42 Å². The minimum atomic E-state index is -3.74. The predicted octanol–water partition coefficient (Wildman–Crippen LogP) is 3.16. The van der Waals surface area contributed by atoms with Gasteiger partial charge < -0.3 is 5.32 Å². The number of hydrogen-bond acceptors (Lipinski definition) is 3. The van der Waals surface area contributed by atoms with Crippen LogP contribution in [0.3, 0.4) is 0 Å². The summed E-state index contributed by atoms with van der Waals surface area (Å²) in [5.41, 5.74) is 2.94. The number of primary sulfonamides is 1. The first-order valence-corrected chi connectivity index (χ1v) is 8.47. The monoisotopic (exact) mass is 324 g/mol. The van der Waals surface area contributed by atoms with Crippen LogP contribution in [0.15, 0.2) is 47.4 Å². The summed E-state index contributed by atoms with van der Waals surface area (Å²) in [4.78, 5) is 0.0400. The lowest BCUT2D eigenvalue weighted by molar-refractivity contribution is 0.598. The van der Waals surface area contributed by atoms with E-state index in [1.54, 1.807) is 0 Å². The first-order valence-electron chi connectivity index (χ1n) is 6.55. The number of anilines is 1. The molecule has 0 saturated carbocycles. The molecule has 0 heterocycles. The van der Waals surface area contributed by atoms with Gasteiger partial charge in [0.25, 0.3) is 0 Å². The third-order valence-corrected chi connectivity index (χ3v) is 4.48. The van der Waals surface area contributed by atoms with E-state index in [-0.39, 0.29) is 4.90 Å². The van der Waals surface area contributed by atoms with Crippen molar-refractivity contribution in [2.24, 2.45) is 5.14 Å². The third-order valence-electron chi connectivity index (χ3n) is 3.23. The summed E-state index contributed by atoms with van der Waals surface area (Å²) < 4.78 is 22.8. The van der Waals surface area contributed by atoms with Gasteiger partial charge in [0.05, 0.1) is 15.6 Å². The fourth-order valence-electron chi connectivity index (χ4n) is 2.08. The van der Waals surface area contributed by atoms with E-state index >= 15 is 0 Å². The third kappa shape index (κ3) is 3.97. The van der Waals surface area contributed by atoms with Crippen molar-refractivity contribution < 1.29 is 8.42 Å². The van der Waals surface area contributed by atoms with Crippen molar-refractivity contribution in [3.8, 4) is 0 Å². The highest BCUT2D eigenvalue weighted by Gasteiger charge is 2.11. The Labute approximate surface area is 130 Å². The van der Waals surface area contributed by atoms with Crippen LogP contribution >= 0.6 is 11.6 Å². The Bertz CT molecular complexity index is 745. The largest absolute Gasteiger partial charge is 0.380 e. The van der Waals surface area contributed by atoms with E-state index in [2.05, 4.69) is 18.3 Å². The normalized spacial score (nSPS) is 11.4. The number of sulfonamides is 1. The van der Waals surface area contributed by atoms with Gasteiger partial charge in [0.1, 0.15) is 0 Å². The molecule has 4 nitrogen and oxygen atoms in total. The lowest BCUT2D eigenvalue weighted by Crippen LogP contribution is -2.12. The van der Waals surface area contributed by atoms with Crippen LogP contribution in [-0.2, 0) is 23.0 Å². The highest BCUT2D eigenvalue weighted by Crippen LogP contribution is 2.25. The van der Waals surface area contributed by atoms with Crippen LogP contribution in [0.4, 0.5) is 5.69 Å². The molecule has 0 aliphatic carbocycles. The quantitative estimate of drug-likeness (QED) is 0.887. The van der Waals surface area contributed by atoms with Gasteiger partial charge in [0.2, 0.25) is 10.0 Å². The topological polar surface area (TPSA) is 72.2 Å². The van der Waals surface area contributed by atoms with Gasteiger partial charge in [-0.25, -0.2) is 13.6 Å². The van der Waals surface area contributed by atoms with Crippen LogP contribution in [0.25, 0.3) is 0 Å². The lowest BCUT2D eigenvalue weighted by Gasteiger charge is -2.12. The highest BCUT2D eigenvalue weighted by molar-refractivity contribution is 7.89. The Morgan fingerprint density at radius 3 is 2.43 bits per heavy atom. The molecule has 3 N–H and O–H groups in total. The molecule has 6 heteroatoms. The van der Waals surface area contributed by atoms with Crippen LogP contribution in [0.5, 0.6) is 0 Å². The summed E-state index contributed by atoms with van der Waals surface area (Å²) in [5, 5.41) is 8.75. The SMILES string of the molecule is CCc1ccccc1CNc1cc(S(N)(=O)=O)ccc1Cl. The number of benzene rings is 2. The number of halogens is 1. The van der Waals surface area contributed by atoms with Crippen LogP contribution < -0.4 is 10.5 Å². The van der Waals surface area contributed by atoms with Crippen LogP contribution in [0.2, 0.25) is 5.02 Å². The second-order valence-electron chi connectivity index (χ2n) is 4.66. The Morgan fingerprint density at radius 2 is 1.81 bits per heavy atom. The van der Waals surface area contributed by atoms with E-state index in [4.69, 9.17) is 16.7 Å². The van der Waals surface area contributed by atoms with Crippen molar-refractivity contribution in [3.63, 3.8) is 0 Å². The van der Waals surface area contributed by atoms with Gasteiger partial charge in [-0.15, -0.1) is 0 Å². The van der Waals surface area contributed by atoms with Gasteiger partial charge in [-0.3, -0.25) is 0 Å². The average molecular weight is 325 g/mol. The summed E-state index contributed by atoms with van der Waals surface area (Å²) in [5.74, 6) is 0. The molecule has 0 bridgehead atoms. The Morgan fingerprint density at radius 1 is 1.14 bits per heavy atom. The van der Waals surface area contributed by atoms with Crippen LogP contribution in [0.1, 0.15) is 18.1 Å². The minimum absolute atomic E-state index is 0.0400. The lowest BCUT2D eigenvalue weighted by atomic mass is 10.1. The molecule has 0 aliphatic heterocycles. The molecule has 0 aromatic heterocycles. The van der Waals surface area contributed by atoms with Crippen molar-refractivity contribution >= 4 is 27.3 Å². The highest BCUT2D eigenvalue weighted by atomic mass is 35.5. The first kappa shape index (κ1) is 15.8. The number of rotatable bonds is 5. The molecule has 0 atom stereocenters. The number of hydrogen-bond donors (Lipinski definition) is 2.